The standard InChI is InChI=1S/C12H15FO4/c1-15-2-3-16-4-5-17-12-7-10(9-14)6-11(13)8-12/h6-9H,2-5H2,1H3. The van der Waals surface area contributed by atoms with Crippen LogP contribution in [0.2, 0.25) is 0 Å². The van der Waals surface area contributed by atoms with Gasteiger partial charge in [0, 0.05) is 18.7 Å². The lowest BCUT2D eigenvalue weighted by atomic mass is 10.2. The average molecular weight is 242 g/mol. The van der Waals surface area contributed by atoms with Crippen molar-refractivity contribution in [3.8, 4) is 5.75 Å². The van der Waals surface area contributed by atoms with Crippen molar-refractivity contribution in [1.29, 1.82) is 0 Å². The predicted octanol–water partition coefficient (Wildman–Crippen LogP) is 1.68. The SMILES string of the molecule is COCCOCCOc1cc(F)cc(C=O)c1. The number of rotatable bonds is 8. The van der Waals surface area contributed by atoms with Crippen molar-refractivity contribution in [3.63, 3.8) is 0 Å². The van der Waals surface area contributed by atoms with E-state index in [1.807, 2.05) is 0 Å². The minimum atomic E-state index is -0.495. The average Bonchev–Trinajstić information content (AvgIpc) is 2.33. The van der Waals surface area contributed by atoms with Crippen LogP contribution in [0, 0.1) is 5.82 Å². The second kappa shape index (κ2) is 7.76. The Morgan fingerprint density at radius 3 is 2.65 bits per heavy atom. The van der Waals surface area contributed by atoms with E-state index in [4.69, 9.17) is 14.2 Å². The van der Waals surface area contributed by atoms with Crippen LogP contribution < -0.4 is 4.74 Å². The molecule has 0 amide bonds. The molecule has 0 atom stereocenters. The summed E-state index contributed by atoms with van der Waals surface area (Å²) in [6.45, 7) is 1.69. The van der Waals surface area contributed by atoms with Crippen LogP contribution in [0.5, 0.6) is 5.75 Å². The van der Waals surface area contributed by atoms with Crippen LogP contribution in [-0.2, 0) is 9.47 Å². The third-order valence-corrected chi connectivity index (χ3v) is 1.96. The van der Waals surface area contributed by atoms with Gasteiger partial charge in [0.1, 0.15) is 24.5 Å². The van der Waals surface area contributed by atoms with Gasteiger partial charge < -0.3 is 14.2 Å². The molecule has 4 nitrogen and oxygen atoms in total. The van der Waals surface area contributed by atoms with E-state index in [0.29, 0.717) is 38.5 Å². The lowest BCUT2D eigenvalue weighted by molar-refractivity contribution is 0.0543. The summed E-state index contributed by atoms with van der Waals surface area (Å²) in [4.78, 5) is 10.5. The molecule has 0 spiro atoms. The molecule has 5 heteroatoms. The normalized spacial score (nSPS) is 10.2. The number of carbonyl (C=O) groups is 1. The molecule has 0 saturated heterocycles. The first-order chi connectivity index (χ1) is 8.26. The summed E-state index contributed by atoms with van der Waals surface area (Å²) in [5, 5.41) is 0. The molecule has 0 bridgehead atoms. The minimum Gasteiger partial charge on any atom is -0.491 e. The van der Waals surface area contributed by atoms with E-state index < -0.39 is 5.82 Å². The second-order valence-electron chi connectivity index (χ2n) is 3.29. The first kappa shape index (κ1) is 13.6. The smallest absolute Gasteiger partial charge is 0.150 e. The van der Waals surface area contributed by atoms with Crippen molar-refractivity contribution in [1.82, 2.24) is 0 Å². The number of aldehydes is 1. The molecule has 0 heterocycles. The molecule has 0 fully saturated rings. The summed E-state index contributed by atoms with van der Waals surface area (Å²) in [6.07, 6.45) is 0.574. The zero-order chi connectivity index (χ0) is 12.5. The molecule has 0 radical (unpaired) electrons. The number of methoxy groups -OCH3 is 1. The van der Waals surface area contributed by atoms with Gasteiger partial charge in [0.15, 0.2) is 0 Å². The monoisotopic (exact) mass is 242 g/mol. The van der Waals surface area contributed by atoms with Crippen LogP contribution in [0.3, 0.4) is 0 Å². The predicted molar refractivity (Wildman–Crippen MR) is 60.0 cm³/mol. The van der Waals surface area contributed by atoms with Gasteiger partial charge in [-0.05, 0) is 12.1 Å². The molecule has 94 valence electrons. The van der Waals surface area contributed by atoms with Crippen LogP contribution in [0.4, 0.5) is 4.39 Å². The molecule has 17 heavy (non-hydrogen) atoms. The fraction of sp³-hybridized carbons (Fsp3) is 0.417. The lowest BCUT2D eigenvalue weighted by Gasteiger charge is -2.07. The first-order valence-corrected chi connectivity index (χ1v) is 5.21. The van der Waals surface area contributed by atoms with Crippen LogP contribution >= 0.6 is 0 Å². The van der Waals surface area contributed by atoms with E-state index in [2.05, 4.69) is 0 Å². The first-order valence-electron chi connectivity index (χ1n) is 5.21. The van der Waals surface area contributed by atoms with Crippen molar-refractivity contribution < 1.29 is 23.4 Å². The topological polar surface area (TPSA) is 44.8 Å². The van der Waals surface area contributed by atoms with E-state index in [9.17, 15) is 9.18 Å². The van der Waals surface area contributed by atoms with Crippen molar-refractivity contribution in [2.45, 2.75) is 0 Å². The van der Waals surface area contributed by atoms with Crippen molar-refractivity contribution >= 4 is 6.29 Å². The molecule has 0 aliphatic heterocycles. The van der Waals surface area contributed by atoms with Gasteiger partial charge in [0.05, 0.1) is 19.8 Å². The number of hydrogen-bond acceptors (Lipinski definition) is 4. The van der Waals surface area contributed by atoms with E-state index in [1.165, 1.54) is 12.1 Å². The van der Waals surface area contributed by atoms with Crippen molar-refractivity contribution in [3.05, 3.63) is 29.6 Å². The number of carbonyl (C=O) groups excluding carboxylic acids is 1. The molecule has 0 N–H and O–H groups in total. The molecule has 0 aliphatic carbocycles. The molecule has 0 saturated carbocycles. The van der Waals surface area contributed by atoms with Crippen LogP contribution in [0.1, 0.15) is 10.4 Å². The van der Waals surface area contributed by atoms with Gasteiger partial charge in [-0.25, -0.2) is 4.39 Å². The quantitative estimate of drug-likeness (QED) is 0.514. The Morgan fingerprint density at radius 2 is 1.94 bits per heavy atom. The summed E-state index contributed by atoms with van der Waals surface area (Å²) in [6, 6.07) is 3.85. The highest BCUT2D eigenvalue weighted by atomic mass is 19.1. The molecular weight excluding hydrogens is 227 g/mol. The summed E-state index contributed by atoms with van der Waals surface area (Å²) in [5.41, 5.74) is 0.250. The van der Waals surface area contributed by atoms with Gasteiger partial charge >= 0.3 is 0 Å². The Labute approximate surface area is 99.3 Å². The largest absolute Gasteiger partial charge is 0.491 e. The molecule has 1 aromatic carbocycles. The van der Waals surface area contributed by atoms with Crippen molar-refractivity contribution in [2.24, 2.45) is 0 Å². The van der Waals surface area contributed by atoms with Gasteiger partial charge in [-0.2, -0.15) is 0 Å². The summed E-state index contributed by atoms with van der Waals surface area (Å²) in [5.74, 6) is -0.174. The van der Waals surface area contributed by atoms with Crippen molar-refractivity contribution in [2.75, 3.05) is 33.5 Å². The Morgan fingerprint density at radius 1 is 1.18 bits per heavy atom. The number of hydrogen-bond donors (Lipinski definition) is 0. The zero-order valence-electron chi connectivity index (χ0n) is 9.65. The number of halogens is 1. The maximum atomic E-state index is 13.0. The maximum Gasteiger partial charge on any atom is 0.150 e. The third-order valence-electron chi connectivity index (χ3n) is 1.96. The minimum absolute atomic E-state index is 0.250. The Kier molecular flexibility index (Phi) is 6.21. The van der Waals surface area contributed by atoms with Gasteiger partial charge in [0.2, 0.25) is 0 Å². The summed E-state index contributed by atoms with van der Waals surface area (Å²) < 4.78 is 28.2. The Bertz CT molecular complexity index is 354. The highest BCUT2D eigenvalue weighted by molar-refractivity contribution is 5.75. The third kappa shape index (κ3) is 5.42. The molecule has 0 aromatic heterocycles. The highest BCUT2D eigenvalue weighted by Crippen LogP contribution is 2.15. The number of ether oxygens (including phenoxy) is 3. The zero-order valence-corrected chi connectivity index (χ0v) is 9.65. The van der Waals surface area contributed by atoms with Gasteiger partial charge in [0.25, 0.3) is 0 Å². The van der Waals surface area contributed by atoms with E-state index in [1.54, 1.807) is 7.11 Å². The second-order valence-corrected chi connectivity index (χ2v) is 3.29. The van der Waals surface area contributed by atoms with E-state index in [-0.39, 0.29) is 5.56 Å². The van der Waals surface area contributed by atoms with E-state index in [0.717, 1.165) is 6.07 Å². The Balaban J connectivity index is 2.31. The van der Waals surface area contributed by atoms with Gasteiger partial charge in [-0.15, -0.1) is 0 Å². The van der Waals surface area contributed by atoms with Crippen LogP contribution in [-0.4, -0.2) is 39.8 Å². The molecule has 1 rings (SSSR count). The highest BCUT2D eigenvalue weighted by Gasteiger charge is 2.01. The molecule has 1 aromatic rings. The summed E-state index contributed by atoms with van der Waals surface area (Å²) >= 11 is 0. The summed E-state index contributed by atoms with van der Waals surface area (Å²) in [7, 11) is 1.59. The fourth-order valence-electron chi connectivity index (χ4n) is 1.20. The van der Waals surface area contributed by atoms with E-state index >= 15 is 0 Å². The fourth-order valence-corrected chi connectivity index (χ4v) is 1.20. The van der Waals surface area contributed by atoms with Gasteiger partial charge in [-0.3, -0.25) is 4.79 Å². The number of benzene rings is 1. The van der Waals surface area contributed by atoms with Crippen LogP contribution in [0.25, 0.3) is 0 Å². The van der Waals surface area contributed by atoms with Crippen LogP contribution in [0.15, 0.2) is 18.2 Å². The lowest BCUT2D eigenvalue weighted by Crippen LogP contribution is -2.10. The van der Waals surface area contributed by atoms with Gasteiger partial charge in [-0.1, -0.05) is 0 Å². The maximum absolute atomic E-state index is 13.0. The molecule has 0 aliphatic rings. The Hall–Kier alpha value is -1.46. The molecular formula is C12H15FO4. The molecule has 0 unspecified atom stereocenters.